The molecule has 0 amide bonds. The maximum absolute atomic E-state index is 9.15. The summed E-state index contributed by atoms with van der Waals surface area (Å²) in [4.78, 5) is 8.43. The summed E-state index contributed by atoms with van der Waals surface area (Å²) in [6.45, 7) is 2.03. The van der Waals surface area contributed by atoms with Gasteiger partial charge in [-0.3, -0.25) is 0 Å². The Morgan fingerprint density at radius 1 is 1.00 bits per heavy atom. The molecule has 118 valence electrons. The summed E-state index contributed by atoms with van der Waals surface area (Å²) in [5.74, 6) is 1.28. The molecule has 3 rings (SSSR count). The predicted molar refractivity (Wildman–Crippen MR) is 98.6 cm³/mol. The van der Waals surface area contributed by atoms with Crippen LogP contribution in [0.1, 0.15) is 11.1 Å². The van der Waals surface area contributed by atoms with E-state index in [-0.39, 0.29) is 0 Å². The fourth-order valence-corrected chi connectivity index (χ4v) is 2.52. The normalized spacial score (nSPS) is 10.0. The summed E-state index contributed by atoms with van der Waals surface area (Å²) >= 11 is 3.52. The van der Waals surface area contributed by atoms with Crippen molar-refractivity contribution in [1.82, 2.24) is 9.97 Å². The fraction of sp³-hybridized carbons (Fsp3) is 0.0556. The van der Waals surface area contributed by atoms with E-state index >= 15 is 0 Å². The smallest absolute Gasteiger partial charge is 0.135 e. The van der Waals surface area contributed by atoms with Gasteiger partial charge in [-0.15, -0.1) is 0 Å². The van der Waals surface area contributed by atoms with Gasteiger partial charge in [0.2, 0.25) is 0 Å². The Bertz CT molecular complexity index is 917. The van der Waals surface area contributed by atoms with Crippen molar-refractivity contribution in [2.45, 2.75) is 6.92 Å². The molecule has 0 spiro atoms. The molecule has 0 atom stereocenters. The van der Waals surface area contributed by atoms with Crippen LogP contribution in [0.25, 0.3) is 0 Å². The van der Waals surface area contributed by atoms with Crippen LogP contribution in [0.5, 0.6) is 0 Å². The van der Waals surface area contributed by atoms with Crippen LogP contribution in [0.2, 0.25) is 0 Å². The van der Waals surface area contributed by atoms with Gasteiger partial charge in [0.25, 0.3) is 0 Å². The second-order valence-electron chi connectivity index (χ2n) is 5.16. The Kier molecular flexibility index (Phi) is 4.73. The van der Waals surface area contributed by atoms with Crippen molar-refractivity contribution in [1.29, 1.82) is 5.26 Å². The largest absolute Gasteiger partial charge is 0.340 e. The van der Waals surface area contributed by atoms with Gasteiger partial charge in [0, 0.05) is 16.2 Å². The van der Waals surface area contributed by atoms with Gasteiger partial charge in [-0.05, 0) is 36.8 Å². The first kappa shape index (κ1) is 16.0. The minimum Gasteiger partial charge on any atom is -0.340 e. The molecule has 0 radical (unpaired) electrons. The molecule has 6 heteroatoms. The van der Waals surface area contributed by atoms with Crippen LogP contribution in [0.4, 0.5) is 23.0 Å². The molecule has 3 aromatic rings. The number of halogens is 1. The lowest BCUT2D eigenvalue weighted by atomic mass is 10.2. The van der Waals surface area contributed by atoms with Crippen LogP contribution >= 0.6 is 15.9 Å². The van der Waals surface area contributed by atoms with Crippen LogP contribution < -0.4 is 10.6 Å². The van der Waals surface area contributed by atoms with Crippen molar-refractivity contribution in [3.05, 3.63) is 70.5 Å². The van der Waals surface area contributed by atoms with Gasteiger partial charge >= 0.3 is 0 Å². The zero-order valence-corrected chi connectivity index (χ0v) is 14.5. The summed E-state index contributed by atoms with van der Waals surface area (Å²) in [5.41, 5.74) is 3.36. The van der Waals surface area contributed by atoms with Crippen molar-refractivity contribution in [3.8, 4) is 6.07 Å². The minimum absolute atomic E-state index is 0.563. The monoisotopic (exact) mass is 379 g/mol. The van der Waals surface area contributed by atoms with E-state index in [0.29, 0.717) is 22.9 Å². The number of nitriles is 1. The first-order chi connectivity index (χ1) is 11.7. The van der Waals surface area contributed by atoms with Gasteiger partial charge in [0.15, 0.2) is 0 Å². The standard InChI is InChI=1S/C18H14BrN5/c1-12-6-7-14(8-15(12)19)23-17-9-18(22-11-21-17)24-16-5-3-2-4-13(16)10-20/h2-9,11H,1H3,(H2,21,22,23,24). The van der Waals surface area contributed by atoms with E-state index in [1.165, 1.54) is 11.9 Å². The topological polar surface area (TPSA) is 73.6 Å². The van der Waals surface area contributed by atoms with E-state index in [0.717, 1.165) is 10.2 Å². The van der Waals surface area contributed by atoms with Crippen molar-refractivity contribution in [2.75, 3.05) is 10.6 Å². The van der Waals surface area contributed by atoms with Gasteiger partial charge in [-0.25, -0.2) is 9.97 Å². The first-order valence-electron chi connectivity index (χ1n) is 7.27. The van der Waals surface area contributed by atoms with E-state index in [4.69, 9.17) is 5.26 Å². The van der Waals surface area contributed by atoms with Gasteiger partial charge in [0.05, 0.1) is 11.3 Å². The van der Waals surface area contributed by atoms with E-state index in [1.54, 1.807) is 12.1 Å². The number of benzene rings is 2. The van der Waals surface area contributed by atoms with Gasteiger partial charge in [-0.1, -0.05) is 34.1 Å². The molecular weight excluding hydrogens is 366 g/mol. The SMILES string of the molecule is Cc1ccc(Nc2cc(Nc3ccccc3C#N)ncn2)cc1Br. The number of anilines is 4. The van der Waals surface area contributed by atoms with Crippen molar-refractivity contribution in [2.24, 2.45) is 0 Å². The summed E-state index contributed by atoms with van der Waals surface area (Å²) in [5, 5.41) is 15.5. The molecule has 0 saturated heterocycles. The molecule has 2 N–H and O–H groups in total. The highest BCUT2D eigenvalue weighted by Crippen LogP contribution is 2.24. The Morgan fingerprint density at radius 3 is 2.50 bits per heavy atom. The first-order valence-corrected chi connectivity index (χ1v) is 8.06. The van der Waals surface area contributed by atoms with Crippen molar-refractivity contribution in [3.63, 3.8) is 0 Å². The van der Waals surface area contributed by atoms with Crippen LogP contribution in [-0.4, -0.2) is 9.97 Å². The maximum Gasteiger partial charge on any atom is 0.135 e. The van der Waals surface area contributed by atoms with Crippen LogP contribution in [0, 0.1) is 18.3 Å². The lowest BCUT2D eigenvalue weighted by Gasteiger charge is -2.10. The predicted octanol–water partition coefficient (Wildman–Crippen LogP) is 4.91. The second kappa shape index (κ2) is 7.11. The Hall–Kier alpha value is -2.91. The number of aryl methyl sites for hydroxylation is 1. The summed E-state index contributed by atoms with van der Waals surface area (Å²) in [6.07, 6.45) is 1.48. The average molecular weight is 380 g/mol. The number of aromatic nitrogens is 2. The molecule has 0 saturated carbocycles. The number of para-hydroxylation sites is 1. The summed E-state index contributed by atoms with van der Waals surface area (Å²) in [7, 11) is 0. The number of hydrogen-bond acceptors (Lipinski definition) is 5. The highest BCUT2D eigenvalue weighted by atomic mass is 79.9. The van der Waals surface area contributed by atoms with E-state index in [1.807, 2.05) is 43.3 Å². The Balaban J connectivity index is 1.81. The summed E-state index contributed by atoms with van der Waals surface area (Å²) < 4.78 is 1.03. The van der Waals surface area contributed by atoms with Crippen molar-refractivity contribution < 1.29 is 0 Å². The molecule has 5 nitrogen and oxygen atoms in total. The number of nitrogens with zero attached hydrogens (tertiary/aromatic N) is 3. The van der Waals surface area contributed by atoms with E-state index in [2.05, 4.69) is 42.6 Å². The zero-order chi connectivity index (χ0) is 16.9. The second-order valence-corrected chi connectivity index (χ2v) is 6.01. The number of rotatable bonds is 4. The molecule has 0 aliphatic rings. The molecule has 0 fully saturated rings. The quantitative estimate of drug-likeness (QED) is 0.673. The number of nitrogens with one attached hydrogen (secondary N) is 2. The Morgan fingerprint density at radius 2 is 1.75 bits per heavy atom. The van der Waals surface area contributed by atoms with Gasteiger partial charge in [-0.2, -0.15) is 5.26 Å². The molecule has 2 aromatic carbocycles. The third-order valence-corrected chi connectivity index (χ3v) is 4.28. The molecule has 0 unspecified atom stereocenters. The molecule has 1 aromatic heterocycles. The Labute approximate surface area is 148 Å². The zero-order valence-electron chi connectivity index (χ0n) is 12.9. The van der Waals surface area contributed by atoms with Crippen LogP contribution in [0.3, 0.4) is 0 Å². The van der Waals surface area contributed by atoms with E-state index < -0.39 is 0 Å². The lowest BCUT2D eigenvalue weighted by Crippen LogP contribution is -1.99. The molecule has 24 heavy (non-hydrogen) atoms. The third-order valence-electron chi connectivity index (χ3n) is 3.42. The minimum atomic E-state index is 0.563. The fourth-order valence-electron chi connectivity index (χ4n) is 2.14. The van der Waals surface area contributed by atoms with Gasteiger partial charge < -0.3 is 10.6 Å². The molecular formula is C18H14BrN5. The highest BCUT2D eigenvalue weighted by molar-refractivity contribution is 9.10. The third kappa shape index (κ3) is 3.70. The molecule has 0 aliphatic heterocycles. The van der Waals surface area contributed by atoms with Gasteiger partial charge in [0.1, 0.15) is 24.0 Å². The van der Waals surface area contributed by atoms with Crippen LogP contribution in [0.15, 0.2) is 59.3 Å². The van der Waals surface area contributed by atoms with E-state index in [9.17, 15) is 0 Å². The summed E-state index contributed by atoms with van der Waals surface area (Å²) in [6, 6.07) is 17.2. The highest BCUT2D eigenvalue weighted by Gasteiger charge is 2.04. The maximum atomic E-state index is 9.15. The molecule has 0 aliphatic carbocycles. The molecule has 1 heterocycles. The molecule has 0 bridgehead atoms. The van der Waals surface area contributed by atoms with Crippen LogP contribution in [-0.2, 0) is 0 Å². The van der Waals surface area contributed by atoms with Crippen molar-refractivity contribution >= 4 is 38.9 Å². The number of hydrogen-bond donors (Lipinski definition) is 2. The lowest BCUT2D eigenvalue weighted by molar-refractivity contribution is 1.16. The average Bonchev–Trinajstić information content (AvgIpc) is 2.59.